The van der Waals surface area contributed by atoms with Crippen molar-refractivity contribution < 1.29 is 14.3 Å². The first kappa shape index (κ1) is 16.3. The van der Waals surface area contributed by atoms with Crippen LogP contribution in [0.5, 0.6) is 6.01 Å². The Balaban J connectivity index is 1.82. The summed E-state index contributed by atoms with van der Waals surface area (Å²) in [5, 5.41) is 0. The highest BCUT2D eigenvalue weighted by Crippen LogP contribution is 2.18. The van der Waals surface area contributed by atoms with Crippen LogP contribution < -0.4 is 4.74 Å². The van der Waals surface area contributed by atoms with Gasteiger partial charge in [0.2, 0.25) is 0 Å². The Morgan fingerprint density at radius 2 is 2.05 bits per heavy atom. The summed E-state index contributed by atoms with van der Waals surface area (Å²) < 4.78 is 12.0. The summed E-state index contributed by atoms with van der Waals surface area (Å²) in [6, 6.07) is 2.22. The van der Waals surface area contributed by atoms with Crippen molar-refractivity contribution in [3.8, 4) is 6.01 Å². The molecule has 1 aromatic rings. The SMILES string of the molecule is CC(C)(C)OC(=O)N1CCC(Oc2nccc(I)n2)CC1. The third-order valence-electron chi connectivity index (χ3n) is 2.97. The first-order chi connectivity index (χ1) is 9.83. The van der Waals surface area contributed by atoms with Crippen LogP contribution in [0.25, 0.3) is 0 Å². The van der Waals surface area contributed by atoms with Crippen molar-refractivity contribution in [1.82, 2.24) is 14.9 Å². The zero-order valence-electron chi connectivity index (χ0n) is 12.5. The highest BCUT2D eigenvalue weighted by Gasteiger charge is 2.27. The summed E-state index contributed by atoms with van der Waals surface area (Å²) >= 11 is 2.12. The molecule has 0 bridgehead atoms. The smallest absolute Gasteiger partial charge is 0.410 e. The molecule has 0 saturated carbocycles. The molecule has 7 heteroatoms. The summed E-state index contributed by atoms with van der Waals surface area (Å²) in [5.41, 5.74) is -0.459. The lowest BCUT2D eigenvalue weighted by atomic mass is 10.1. The molecule has 0 unspecified atom stereocenters. The molecule has 6 nitrogen and oxygen atoms in total. The number of aromatic nitrogens is 2. The molecule has 21 heavy (non-hydrogen) atoms. The molecule has 0 radical (unpaired) electrons. The summed E-state index contributed by atoms with van der Waals surface area (Å²) in [6.07, 6.45) is 2.98. The topological polar surface area (TPSA) is 64.5 Å². The second-order valence-electron chi connectivity index (χ2n) is 5.95. The van der Waals surface area contributed by atoms with Gasteiger partial charge in [-0.3, -0.25) is 0 Å². The Kier molecular flexibility index (Phi) is 5.23. The summed E-state index contributed by atoms with van der Waals surface area (Å²) in [6.45, 7) is 6.87. The van der Waals surface area contributed by atoms with Crippen molar-refractivity contribution in [2.45, 2.75) is 45.3 Å². The predicted molar refractivity (Wildman–Crippen MR) is 86.2 cm³/mol. The third kappa shape index (κ3) is 5.29. The van der Waals surface area contributed by atoms with Crippen LogP contribution >= 0.6 is 22.6 Å². The number of nitrogens with zero attached hydrogens (tertiary/aromatic N) is 3. The fraction of sp³-hybridized carbons (Fsp3) is 0.643. The maximum absolute atomic E-state index is 12.0. The second kappa shape index (κ2) is 6.76. The summed E-state index contributed by atoms with van der Waals surface area (Å²) in [7, 11) is 0. The Morgan fingerprint density at radius 1 is 1.38 bits per heavy atom. The average Bonchev–Trinajstić information content (AvgIpc) is 2.37. The number of ether oxygens (including phenoxy) is 2. The molecule has 0 aromatic carbocycles. The van der Waals surface area contributed by atoms with Gasteiger partial charge in [0.15, 0.2) is 0 Å². The molecule has 0 aliphatic carbocycles. The molecular formula is C14H20IN3O3. The highest BCUT2D eigenvalue weighted by atomic mass is 127. The molecule has 1 aromatic heterocycles. The number of rotatable bonds is 2. The lowest BCUT2D eigenvalue weighted by Crippen LogP contribution is -2.44. The van der Waals surface area contributed by atoms with Gasteiger partial charge in [0.05, 0.1) is 0 Å². The Hall–Kier alpha value is -1.12. The van der Waals surface area contributed by atoms with E-state index < -0.39 is 5.60 Å². The number of carbonyl (C=O) groups excluding carboxylic acids is 1. The lowest BCUT2D eigenvalue weighted by molar-refractivity contribution is 0.0119. The van der Waals surface area contributed by atoms with Gasteiger partial charge < -0.3 is 14.4 Å². The van der Waals surface area contributed by atoms with E-state index in [1.807, 2.05) is 26.8 Å². The number of carbonyl (C=O) groups is 1. The molecule has 0 spiro atoms. The number of likely N-dealkylation sites (tertiary alicyclic amines) is 1. The predicted octanol–water partition coefficient (Wildman–Crippen LogP) is 2.86. The average molecular weight is 405 g/mol. The lowest BCUT2D eigenvalue weighted by Gasteiger charge is -2.33. The number of hydrogen-bond acceptors (Lipinski definition) is 5. The molecule has 2 rings (SSSR count). The van der Waals surface area contributed by atoms with Gasteiger partial charge in [-0.1, -0.05) is 0 Å². The van der Waals surface area contributed by atoms with E-state index in [9.17, 15) is 4.79 Å². The van der Waals surface area contributed by atoms with Crippen molar-refractivity contribution in [1.29, 1.82) is 0 Å². The zero-order valence-corrected chi connectivity index (χ0v) is 14.7. The van der Waals surface area contributed by atoms with Crippen molar-refractivity contribution in [3.05, 3.63) is 16.0 Å². The van der Waals surface area contributed by atoms with Crippen LogP contribution in [0.1, 0.15) is 33.6 Å². The second-order valence-corrected chi connectivity index (χ2v) is 7.05. The molecule has 2 heterocycles. The fourth-order valence-corrected chi connectivity index (χ4v) is 2.38. The number of halogens is 1. The molecule has 1 aliphatic heterocycles. The minimum absolute atomic E-state index is 0.0434. The van der Waals surface area contributed by atoms with Crippen LogP contribution in [0.15, 0.2) is 12.3 Å². The van der Waals surface area contributed by atoms with Crippen molar-refractivity contribution in [2.24, 2.45) is 0 Å². The van der Waals surface area contributed by atoms with E-state index in [2.05, 4.69) is 32.6 Å². The van der Waals surface area contributed by atoms with E-state index in [0.717, 1.165) is 16.5 Å². The van der Waals surface area contributed by atoms with Gasteiger partial charge in [-0.05, 0) is 49.4 Å². The molecule has 116 valence electrons. The minimum atomic E-state index is -0.459. The Morgan fingerprint density at radius 3 is 2.62 bits per heavy atom. The first-order valence-electron chi connectivity index (χ1n) is 6.96. The van der Waals surface area contributed by atoms with E-state index in [1.54, 1.807) is 11.1 Å². The fourth-order valence-electron chi connectivity index (χ4n) is 2.01. The molecule has 1 amide bonds. The van der Waals surface area contributed by atoms with Gasteiger partial charge >= 0.3 is 12.1 Å². The summed E-state index contributed by atoms with van der Waals surface area (Å²) in [5.74, 6) is 0. The number of piperidine rings is 1. The summed E-state index contributed by atoms with van der Waals surface area (Å²) in [4.78, 5) is 22.0. The van der Waals surface area contributed by atoms with E-state index in [1.165, 1.54) is 0 Å². The maximum atomic E-state index is 12.0. The van der Waals surface area contributed by atoms with Crippen molar-refractivity contribution >= 4 is 28.7 Å². The van der Waals surface area contributed by atoms with E-state index in [4.69, 9.17) is 9.47 Å². The van der Waals surface area contributed by atoms with Gasteiger partial charge in [0.1, 0.15) is 15.4 Å². The molecule has 1 saturated heterocycles. The molecule has 1 fully saturated rings. The van der Waals surface area contributed by atoms with Crippen LogP contribution in [-0.4, -0.2) is 45.8 Å². The van der Waals surface area contributed by atoms with Gasteiger partial charge in [-0.25, -0.2) is 9.78 Å². The van der Waals surface area contributed by atoms with E-state index in [-0.39, 0.29) is 12.2 Å². The van der Waals surface area contributed by atoms with Crippen LogP contribution in [0.3, 0.4) is 0 Å². The minimum Gasteiger partial charge on any atom is -0.460 e. The van der Waals surface area contributed by atoms with Gasteiger partial charge in [0, 0.05) is 32.1 Å². The van der Waals surface area contributed by atoms with E-state index in [0.29, 0.717) is 19.1 Å². The Labute approximate surface area is 138 Å². The number of amides is 1. The molecule has 1 aliphatic rings. The standard InChI is InChI=1S/C14H20IN3O3/c1-14(2,3)21-13(19)18-8-5-10(6-9-18)20-12-16-7-4-11(15)17-12/h4,7,10H,5-6,8-9H2,1-3H3. The number of hydrogen-bond donors (Lipinski definition) is 0. The quantitative estimate of drug-likeness (QED) is 0.560. The van der Waals surface area contributed by atoms with Gasteiger partial charge in [0.25, 0.3) is 0 Å². The molecular weight excluding hydrogens is 385 g/mol. The zero-order chi connectivity index (χ0) is 15.5. The maximum Gasteiger partial charge on any atom is 0.410 e. The van der Waals surface area contributed by atoms with Gasteiger partial charge in [-0.15, -0.1) is 0 Å². The van der Waals surface area contributed by atoms with Crippen LogP contribution in [0.2, 0.25) is 0 Å². The van der Waals surface area contributed by atoms with Gasteiger partial charge in [-0.2, -0.15) is 4.98 Å². The molecule has 0 N–H and O–H groups in total. The largest absolute Gasteiger partial charge is 0.460 e. The highest BCUT2D eigenvalue weighted by molar-refractivity contribution is 14.1. The first-order valence-corrected chi connectivity index (χ1v) is 8.04. The van der Waals surface area contributed by atoms with Crippen LogP contribution in [-0.2, 0) is 4.74 Å². The Bertz CT molecular complexity index is 496. The van der Waals surface area contributed by atoms with E-state index >= 15 is 0 Å². The monoisotopic (exact) mass is 405 g/mol. The normalized spacial score (nSPS) is 16.7. The van der Waals surface area contributed by atoms with Crippen molar-refractivity contribution in [3.63, 3.8) is 0 Å². The van der Waals surface area contributed by atoms with Crippen LogP contribution in [0, 0.1) is 3.70 Å². The van der Waals surface area contributed by atoms with Crippen LogP contribution in [0.4, 0.5) is 4.79 Å². The third-order valence-corrected chi connectivity index (χ3v) is 3.57. The molecule has 0 atom stereocenters. The van der Waals surface area contributed by atoms with Crippen molar-refractivity contribution in [2.75, 3.05) is 13.1 Å².